The van der Waals surface area contributed by atoms with E-state index in [4.69, 9.17) is 23.2 Å². The van der Waals surface area contributed by atoms with Gasteiger partial charge in [0.1, 0.15) is 0 Å². The summed E-state index contributed by atoms with van der Waals surface area (Å²) in [6, 6.07) is 0. The molecular weight excluding hydrogens is 271 g/mol. The van der Waals surface area contributed by atoms with Gasteiger partial charge in [0.15, 0.2) is 5.78 Å². The summed E-state index contributed by atoms with van der Waals surface area (Å²) in [7, 11) is 0. The monoisotopic (exact) mass is 294 g/mol. The number of unbranched alkanes of at least 4 members (excludes halogenated alkanes) is 2. The minimum absolute atomic E-state index is 0.0730. The van der Waals surface area contributed by atoms with E-state index < -0.39 is 10.4 Å². The highest BCUT2D eigenvalue weighted by Crippen LogP contribution is 2.38. The van der Waals surface area contributed by atoms with Crippen molar-refractivity contribution in [2.75, 3.05) is 0 Å². The smallest absolute Gasteiger partial charge is 0.201 e. The van der Waals surface area contributed by atoms with Crippen molar-refractivity contribution in [1.29, 1.82) is 0 Å². The molecule has 0 saturated heterocycles. The Morgan fingerprint density at radius 3 is 2.44 bits per heavy atom. The molecule has 18 heavy (non-hydrogen) atoms. The average Bonchev–Trinajstić information content (AvgIpc) is 2.39. The van der Waals surface area contributed by atoms with Gasteiger partial charge < -0.3 is 5.11 Å². The van der Waals surface area contributed by atoms with E-state index in [0.29, 0.717) is 6.42 Å². The third kappa shape index (κ3) is 4.40. The molecule has 0 heterocycles. The SMILES string of the molecule is CCCCCC(=O)C(Cl)(Cl)C(O)C1CCCCC1. The molecule has 1 aliphatic rings. The van der Waals surface area contributed by atoms with Gasteiger partial charge in [-0.15, -0.1) is 0 Å². The van der Waals surface area contributed by atoms with E-state index in [2.05, 4.69) is 6.92 Å². The van der Waals surface area contributed by atoms with Crippen LogP contribution in [0.25, 0.3) is 0 Å². The van der Waals surface area contributed by atoms with Crippen LogP contribution in [0.3, 0.4) is 0 Å². The summed E-state index contributed by atoms with van der Waals surface area (Å²) in [5.41, 5.74) is 0. The van der Waals surface area contributed by atoms with Crippen LogP contribution in [0.1, 0.15) is 64.7 Å². The first-order valence-electron chi connectivity index (χ1n) is 7.09. The fourth-order valence-corrected chi connectivity index (χ4v) is 3.16. The number of hydrogen-bond acceptors (Lipinski definition) is 2. The van der Waals surface area contributed by atoms with Crippen LogP contribution in [0, 0.1) is 5.92 Å². The number of ketones is 1. The maximum Gasteiger partial charge on any atom is 0.201 e. The van der Waals surface area contributed by atoms with Crippen molar-refractivity contribution in [3.05, 3.63) is 0 Å². The molecule has 0 spiro atoms. The van der Waals surface area contributed by atoms with Gasteiger partial charge in [-0.3, -0.25) is 4.79 Å². The molecule has 4 heteroatoms. The van der Waals surface area contributed by atoms with Gasteiger partial charge >= 0.3 is 0 Å². The molecule has 1 aliphatic carbocycles. The average molecular weight is 295 g/mol. The minimum atomic E-state index is -1.62. The van der Waals surface area contributed by atoms with Gasteiger partial charge in [0, 0.05) is 6.42 Å². The van der Waals surface area contributed by atoms with Gasteiger partial charge in [-0.1, -0.05) is 62.2 Å². The highest BCUT2D eigenvalue weighted by molar-refractivity contribution is 6.58. The first kappa shape index (κ1) is 16.3. The van der Waals surface area contributed by atoms with Crippen molar-refractivity contribution in [3.63, 3.8) is 0 Å². The Labute approximate surface area is 120 Å². The molecule has 1 fully saturated rings. The molecule has 2 nitrogen and oxygen atoms in total. The van der Waals surface area contributed by atoms with Crippen molar-refractivity contribution < 1.29 is 9.90 Å². The molecular formula is C14H24Cl2O2. The van der Waals surface area contributed by atoms with Crippen LogP contribution in [0.5, 0.6) is 0 Å². The van der Waals surface area contributed by atoms with E-state index in [1.54, 1.807) is 0 Å². The fraction of sp³-hybridized carbons (Fsp3) is 0.929. The largest absolute Gasteiger partial charge is 0.389 e. The number of hydrogen-bond donors (Lipinski definition) is 1. The number of halogens is 2. The van der Waals surface area contributed by atoms with Crippen molar-refractivity contribution in [2.45, 2.75) is 75.1 Å². The summed E-state index contributed by atoms with van der Waals surface area (Å²) in [4.78, 5) is 12.0. The Morgan fingerprint density at radius 2 is 1.89 bits per heavy atom. The van der Waals surface area contributed by atoms with Gasteiger partial charge in [-0.05, 0) is 25.2 Å². The Morgan fingerprint density at radius 1 is 1.28 bits per heavy atom. The topological polar surface area (TPSA) is 37.3 Å². The van der Waals surface area contributed by atoms with Crippen molar-refractivity contribution in [1.82, 2.24) is 0 Å². The molecule has 1 atom stereocenters. The standard InChI is InChI=1S/C14H24Cl2O2/c1-2-3-5-10-12(17)14(15,16)13(18)11-8-6-4-7-9-11/h11,13,18H,2-10H2,1H3. The normalized spacial score (nSPS) is 19.8. The van der Waals surface area contributed by atoms with Crippen LogP contribution in [0.2, 0.25) is 0 Å². The molecule has 1 rings (SSSR count). The second-order valence-electron chi connectivity index (χ2n) is 5.35. The third-order valence-electron chi connectivity index (χ3n) is 3.85. The zero-order chi connectivity index (χ0) is 13.6. The fourth-order valence-electron chi connectivity index (χ4n) is 2.61. The van der Waals surface area contributed by atoms with Crippen molar-refractivity contribution in [2.24, 2.45) is 5.92 Å². The molecule has 1 saturated carbocycles. The lowest BCUT2D eigenvalue weighted by Crippen LogP contribution is -2.44. The van der Waals surface area contributed by atoms with Crippen LogP contribution in [-0.4, -0.2) is 21.3 Å². The van der Waals surface area contributed by atoms with E-state index in [-0.39, 0.29) is 11.7 Å². The van der Waals surface area contributed by atoms with E-state index in [1.807, 2.05) is 0 Å². The van der Waals surface area contributed by atoms with Crippen LogP contribution in [-0.2, 0) is 4.79 Å². The number of carbonyl (C=O) groups excluding carboxylic acids is 1. The Kier molecular flexibility index (Phi) is 6.97. The lowest BCUT2D eigenvalue weighted by Gasteiger charge is -2.33. The van der Waals surface area contributed by atoms with Crippen LogP contribution in [0.4, 0.5) is 0 Å². The zero-order valence-electron chi connectivity index (χ0n) is 11.1. The molecule has 0 aromatic carbocycles. The lowest BCUT2D eigenvalue weighted by molar-refractivity contribution is -0.123. The number of carbonyl (C=O) groups is 1. The molecule has 1 unspecified atom stereocenters. The first-order chi connectivity index (χ1) is 8.50. The van der Waals surface area contributed by atoms with Crippen LogP contribution >= 0.6 is 23.2 Å². The summed E-state index contributed by atoms with van der Waals surface area (Å²) in [5.74, 6) is -0.152. The van der Waals surface area contributed by atoms with E-state index in [0.717, 1.165) is 44.9 Å². The summed E-state index contributed by atoms with van der Waals surface area (Å²) in [6.45, 7) is 2.08. The van der Waals surface area contributed by atoms with Gasteiger partial charge in [0.05, 0.1) is 6.10 Å². The van der Waals surface area contributed by atoms with Gasteiger partial charge in [0.25, 0.3) is 0 Å². The molecule has 0 aliphatic heterocycles. The third-order valence-corrected chi connectivity index (χ3v) is 4.72. The summed E-state index contributed by atoms with van der Waals surface area (Å²) in [5, 5.41) is 10.2. The maximum absolute atomic E-state index is 12.0. The predicted molar refractivity (Wildman–Crippen MR) is 76.2 cm³/mol. The number of Topliss-reactive ketones (excluding diaryl/α,β-unsaturated/α-hetero) is 1. The first-order valence-corrected chi connectivity index (χ1v) is 7.85. The number of aliphatic hydroxyl groups excluding tert-OH is 1. The molecule has 1 N–H and O–H groups in total. The highest BCUT2D eigenvalue weighted by Gasteiger charge is 2.44. The highest BCUT2D eigenvalue weighted by atomic mass is 35.5. The Hall–Kier alpha value is 0.210. The Bertz CT molecular complexity index is 261. The molecule has 0 amide bonds. The minimum Gasteiger partial charge on any atom is -0.389 e. The summed E-state index contributed by atoms with van der Waals surface area (Å²) in [6.07, 6.45) is 7.52. The van der Waals surface area contributed by atoms with Gasteiger partial charge in [-0.25, -0.2) is 0 Å². The van der Waals surface area contributed by atoms with E-state index in [1.165, 1.54) is 6.42 Å². The maximum atomic E-state index is 12.0. The van der Waals surface area contributed by atoms with Gasteiger partial charge in [0.2, 0.25) is 4.33 Å². The molecule has 0 radical (unpaired) electrons. The predicted octanol–water partition coefficient (Wildman–Crippen LogP) is 4.25. The number of aliphatic hydroxyl groups is 1. The second kappa shape index (κ2) is 7.72. The molecule has 0 aromatic rings. The second-order valence-corrected chi connectivity index (χ2v) is 6.73. The summed E-state index contributed by atoms with van der Waals surface area (Å²) >= 11 is 12.2. The van der Waals surface area contributed by atoms with E-state index >= 15 is 0 Å². The summed E-state index contributed by atoms with van der Waals surface area (Å²) < 4.78 is -1.62. The van der Waals surface area contributed by atoms with Crippen molar-refractivity contribution in [3.8, 4) is 0 Å². The lowest BCUT2D eigenvalue weighted by atomic mass is 9.83. The molecule has 0 bridgehead atoms. The van der Waals surface area contributed by atoms with E-state index in [9.17, 15) is 9.90 Å². The van der Waals surface area contributed by atoms with Crippen LogP contribution < -0.4 is 0 Å². The van der Waals surface area contributed by atoms with Crippen LogP contribution in [0.15, 0.2) is 0 Å². The molecule has 106 valence electrons. The zero-order valence-corrected chi connectivity index (χ0v) is 12.6. The molecule has 0 aromatic heterocycles. The Balaban J connectivity index is 2.51. The van der Waals surface area contributed by atoms with Crippen molar-refractivity contribution >= 4 is 29.0 Å². The number of alkyl halides is 2. The quantitative estimate of drug-likeness (QED) is 0.563. The van der Waals surface area contributed by atoms with Gasteiger partial charge in [-0.2, -0.15) is 0 Å². The number of rotatable bonds is 7.